The van der Waals surface area contributed by atoms with Gasteiger partial charge in [0, 0.05) is 22.7 Å². The van der Waals surface area contributed by atoms with Crippen molar-refractivity contribution in [3.63, 3.8) is 0 Å². The number of carbonyl (C=O) groups is 2. The van der Waals surface area contributed by atoms with Crippen molar-refractivity contribution < 1.29 is 18.7 Å². The van der Waals surface area contributed by atoms with Gasteiger partial charge in [-0.2, -0.15) is 0 Å². The van der Waals surface area contributed by atoms with E-state index in [1.54, 1.807) is 43.3 Å². The molecule has 0 atom stereocenters. The second-order valence-corrected chi connectivity index (χ2v) is 6.32. The maximum atomic E-state index is 13.9. The Morgan fingerprint density at radius 2 is 1.83 bits per heavy atom. The van der Waals surface area contributed by atoms with Crippen molar-refractivity contribution in [1.29, 1.82) is 0 Å². The molecule has 0 unspecified atom stereocenters. The predicted octanol–water partition coefficient (Wildman–Crippen LogP) is 4.53. The lowest BCUT2D eigenvalue weighted by Crippen LogP contribution is -2.08. The first-order chi connectivity index (χ1) is 11.5. The molecule has 0 spiro atoms. The smallest absolute Gasteiger partial charge is 0.354 e. The summed E-state index contributed by atoms with van der Waals surface area (Å²) >= 11 is 1.21. The van der Waals surface area contributed by atoms with Crippen LogP contribution in [-0.4, -0.2) is 11.9 Å². The monoisotopic (exact) mass is 343 g/mol. The number of carbonyl (C=O) groups excluding carboxylic acids is 2. The number of hydrogen-bond acceptors (Lipinski definition) is 4. The van der Waals surface area contributed by atoms with Gasteiger partial charge in [-0.05, 0) is 48.9 Å². The van der Waals surface area contributed by atoms with Crippen LogP contribution in [0.2, 0.25) is 0 Å². The van der Waals surface area contributed by atoms with E-state index in [9.17, 15) is 14.0 Å². The number of hydrogen-bond donors (Lipinski definition) is 1. The van der Waals surface area contributed by atoms with Crippen molar-refractivity contribution in [1.82, 2.24) is 0 Å². The van der Waals surface area contributed by atoms with Crippen LogP contribution in [0.25, 0.3) is 10.1 Å². The highest BCUT2D eigenvalue weighted by molar-refractivity contribution is 7.21. The summed E-state index contributed by atoms with van der Waals surface area (Å²) in [6, 6.07) is 11.2. The number of halogens is 1. The van der Waals surface area contributed by atoms with Crippen LogP contribution in [0.3, 0.4) is 0 Å². The Morgan fingerprint density at radius 3 is 2.46 bits per heavy atom. The summed E-state index contributed by atoms with van der Waals surface area (Å²) < 4.78 is 20.0. The molecule has 0 saturated heterocycles. The number of nitrogens with one attached hydrogen (secondary N) is 1. The second kappa shape index (κ2) is 6.41. The van der Waals surface area contributed by atoms with Gasteiger partial charge in [-0.3, -0.25) is 4.79 Å². The third-order valence-electron chi connectivity index (χ3n) is 3.47. The van der Waals surface area contributed by atoms with Crippen LogP contribution >= 0.6 is 11.3 Å². The minimum atomic E-state index is -0.527. The van der Waals surface area contributed by atoms with Gasteiger partial charge in [0.05, 0.1) is 0 Å². The number of benzene rings is 2. The Morgan fingerprint density at radius 1 is 1.12 bits per heavy atom. The molecule has 1 heterocycles. The SMILES string of the molecule is CC(=O)Nc1ccc(OC(=O)c2sc3cccc(F)c3c2C)cc1. The first-order valence-corrected chi connectivity index (χ1v) is 8.05. The molecule has 6 heteroatoms. The van der Waals surface area contributed by atoms with Crippen LogP contribution in [0.5, 0.6) is 5.75 Å². The Labute approximate surface area is 141 Å². The molecule has 0 bridgehead atoms. The van der Waals surface area contributed by atoms with Crippen molar-refractivity contribution in [2.75, 3.05) is 5.32 Å². The van der Waals surface area contributed by atoms with E-state index in [4.69, 9.17) is 4.74 Å². The van der Waals surface area contributed by atoms with Gasteiger partial charge in [0.15, 0.2) is 0 Å². The maximum absolute atomic E-state index is 13.9. The number of amides is 1. The van der Waals surface area contributed by atoms with Crippen LogP contribution < -0.4 is 10.1 Å². The van der Waals surface area contributed by atoms with Crippen LogP contribution in [-0.2, 0) is 4.79 Å². The van der Waals surface area contributed by atoms with Crippen molar-refractivity contribution >= 4 is 39.0 Å². The van der Waals surface area contributed by atoms with Crippen molar-refractivity contribution in [2.24, 2.45) is 0 Å². The molecule has 1 aromatic heterocycles. The Bertz CT molecular complexity index is 931. The molecule has 0 aliphatic carbocycles. The summed E-state index contributed by atoms with van der Waals surface area (Å²) in [5.41, 5.74) is 1.19. The number of ether oxygens (including phenoxy) is 1. The lowest BCUT2D eigenvalue weighted by atomic mass is 10.1. The molecular formula is C18H14FNO3S. The van der Waals surface area contributed by atoms with E-state index >= 15 is 0 Å². The molecule has 4 nitrogen and oxygen atoms in total. The van der Waals surface area contributed by atoms with Gasteiger partial charge >= 0.3 is 5.97 Å². The Hall–Kier alpha value is -2.73. The standard InChI is InChI=1S/C18H14FNO3S/c1-10-16-14(19)4-3-5-15(16)24-17(10)18(22)23-13-8-6-12(7-9-13)20-11(2)21/h3-9H,1-2H3,(H,20,21). The summed E-state index contributed by atoms with van der Waals surface area (Å²) in [5, 5.41) is 3.09. The lowest BCUT2D eigenvalue weighted by Gasteiger charge is -2.05. The number of anilines is 1. The number of thiophene rings is 1. The number of esters is 1. The fourth-order valence-electron chi connectivity index (χ4n) is 2.41. The third-order valence-corrected chi connectivity index (χ3v) is 4.71. The zero-order valence-electron chi connectivity index (χ0n) is 13.1. The Balaban J connectivity index is 1.84. The van der Waals surface area contributed by atoms with Crippen LogP contribution in [0.1, 0.15) is 22.2 Å². The summed E-state index contributed by atoms with van der Waals surface area (Å²) in [5.74, 6) is -0.700. The van der Waals surface area contributed by atoms with E-state index in [2.05, 4.69) is 5.32 Å². The third kappa shape index (κ3) is 3.14. The molecular weight excluding hydrogens is 329 g/mol. The molecule has 1 amide bonds. The van der Waals surface area contributed by atoms with Crippen molar-refractivity contribution in [3.05, 3.63) is 58.7 Å². The number of aryl methyl sites for hydroxylation is 1. The van der Waals surface area contributed by atoms with E-state index in [0.29, 0.717) is 32.0 Å². The summed E-state index contributed by atoms with van der Waals surface area (Å²) in [7, 11) is 0. The number of fused-ring (bicyclic) bond motifs is 1. The minimum Gasteiger partial charge on any atom is -0.422 e. The second-order valence-electron chi connectivity index (χ2n) is 5.26. The van der Waals surface area contributed by atoms with Gasteiger partial charge in [-0.25, -0.2) is 9.18 Å². The average Bonchev–Trinajstić information content (AvgIpc) is 2.87. The van der Waals surface area contributed by atoms with Crippen molar-refractivity contribution in [2.45, 2.75) is 13.8 Å². The number of rotatable bonds is 3. The van der Waals surface area contributed by atoms with Crippen LogP contribution in [0.4, 0.5) is 10.1 Å². The van der Waals surface area contributed by atoms with Gasteiger partial charge in [-0.1, -0.05) is 6.07 Å². The van der Waals surface area contributed by atoms with E-state index in [-0.39, 0.29) is 11.7 Å². The zero-order chi connectivity index (χ0) is 17.3. The largest absolute Gasteiger partial charge is 0.422 e. The van der Waals surface area contributed by atoms with Gasteiger partial charge in [-0.15, -0.1) is 11.3 Å². The summed E-state index contributed by atoms with van der Waals surface area (Å²) in [6.45, 7) is 3.12. The molecule has 0 saturated carbocycles. The molecule has 24 heavy (non-hydrogen) atoms. The molecule has 3 aromatic rings. The highest BCUT2D eigenvalue weighted by Crippen LogP contribution is 2.33. The molecule has 0 fully saturated rings. The van der Waals surface area contributed by atoms with Crippen molar-refractivity contribution in [3.8, 4) is 5.75 Å². The summed E-state index contributed by atoms with van der Waals surface area (Å²) in [4.78, 5) is 23.7. The highest BCUT2D eigenvalue weighted by Gasteiger charge is 2.19. The predicted molar refractivity (Wildman–Crippen MR) is 92.2 cm³/mol. The molecule has 0 aliphatic rings. The molecule has 2 aromatic carbocycles. The molecule has 0 aliphatic heterocycles. The first-order valence-electron chi connectivity index (χ1n) is 7.23. The van der Waals surface area contributed by atoms with Crippen LogP contribution in [0.15, 0.2) is 42.5 Å². The first kappa shape index (κ1) is 16.1. The minimum absolute atomic E-state index is 0.178. The normalized spacial score (nSPS) is 10.6. The van der Waals surface area contributed by atoms with E-state index < -0.39 is 5.97 Å². The lowest BCUT2D eigenvalue weighted by molar-refractivity contribution is -0.114. The zero-order valence-corrected chi connectivity index (χ0v) is 13.9. The fourth-order valence-corrected chi connectivity index (χ4v) is 3.51. The average molecular weight is 343 g/mol. The summed E-state index contributed by atoms with van der Waals surface area (Å²) in [6.07, 6.45) is 0. The van der Waals surface area contributed by atoms with Gasteiger partial charge in [0.2, 0.25) is 5.91 Å². The van der Waals surface area contributed by atoms with E-state index in [1.165, 1.54) is 24.3 Å². The molecule has 3 rings (SSSR count). The van der Waals surface area contributed by atoms with Crippen LogP contribution in [0, 0.1) is 12.7 Å². The topological polar surface area (TPSA) is 55.4 Å². The van der Waals surface area contributed by atoms with E-state index in [1.807, 2.05) is 0 Å². The highest BCUT2D eigenvalue weighted by atomic mass is 32.1. The van der Waals surface area contributed by atoms with Gasteiger partial charge in [0.25, 0.3) is 0 Å². The van der Waals surface area contributed by atoms with Gasteiger partial charge in [0.1, 0.15) is 16.4 Å². The maximum Gasteiger partial charge on any atom is 0.354 e. The fraction of sp³-hybridized carbons (Fsp3) is 0.111. The Kier molecular flexibility index (Phi) is 4.31. The quantitative estimate of drug-likeness (QED) is 0.562. The van der Waals surface area contributed by atoms with Gasteiger partial charge < -0.3 is 10.1 Å². The molecule has 0 radical (unpaired) electrons. The molecule has 1 N–H and O–H groups in total. The van der Waals surface area contributed by atoms with E-state index in [0.717, 1.165) is 0 Å². The molecule has 122 valence electrons.